The number of anilines is 1. The van der Waals surface area contributed by atoms with Crippen LogP contribution in [-0.4, -0.2) is 20.6 Å². The number of hydrogen-bond donors (Lipinski definition) is 1. The first kappa shape index (κ1) is 18.2. The number of rotatable bonds is 6. The van der Waals surface area contributed by atoms with Crippen molar-refractivity contribution in [3.05, 3.63) is 49.7 Å². The standard InChI is InChI=1S/C15H16Cl2N4O3/c1-9-15(21(23)24)10(2)20(19-9)5-3-4-14(22)18-13-7-11(16)6-12(17)8-13/h6-8H,3-5H2,1-2H3,(H,18,22). The SMILES string of the molecule is Cc1nn(CCCC(=O)Nc2cc(Cl)cc(Cl)c2)c(C)c1[N+](=O)[O-]. The highest BCUT2D eigenvalue weighted by Gasteiger charge is 2.21. The molecule has 0 bridgehead atoms. The van der Waals surface area contributed by atoms with E-state index in [9.17, 15) is 14.9 Å². The van der Waals surface area contributed by atoms with Crippen molar-refractivity contribution in [2.24, 2.45) is 0 Å². The van der Waals surface area contributed by atoms with Crippen LogP contribution < -0.4 is 5.32 Å². The van der Waals surface area contributed by atoms with Crippen LogP contribution in [-0.2, 0) is 11.3 Å². The summed E-state index contributed by atoms with van der Waals surface area (Å²) in [7, 11) is 0. The largest absolute Gasteiger partial charge is 0.326 e. The van der Waals surface area contributed by atoms with Crippen LogP contribution in [0.4, 0.5) is 11.4 Å². The van der Waals surface area contributed by atoms with Gasteiger partial charge in [0.15, 0.2) is 0 Å². The van der Waals surface area contributed by atoms with E-state index in [1.165, 1.54) is 0 Å². The highest BCUT2D eigenvalue weighted by molar-refractivity contribution is 6.35. The number of carbonyl (C=O) groups excluding carboxylic acids is 1. The molecule has 2 rings (SSSR count). The molecule has 0 atom stereocenters. The first-order valence-electron chi connectivity index (χ1n) is 7.22. The van der Waals surface area contributed by atoms with Gasteiger partial charge in [0.2, 0.25) is 5.91 Å². The van der Waals surface area contributed by atoms with Gasteiger partial charge in [-0.05, 0) is 38.5 Å². The van der Waals surface area contributed by atoms with Gasteiger partial charge in [-0.2, -0.15) is 5.10 Å². The molecule has 0 aliphatic heterocycles. The molecule has 0 saturated heterocycles. The van der Waals surface area contributed by atoms with Crippen molar-refractivity contribution < 1.29 is 9.72 Å². The van der Waals surface area contributed by atoms with E-state index < -0.39 is 4.92 Å². The van der Waals surface area contributed by atoms with Crippen LogP contribution in [0.15, 0.2) is 18.2 Å². The zero-order valence-electron chi connectivity index (χ0n) is 13.2. The molecule has 9 heteroatoms. The molecule has 0 aliphatic rings. The van der Waals surface area contributed by atoms with E-state index in [2.05, 4.69) is 10.4 Å². The van der Waals surface area contributed by atoms with Crippen molar-refractivity contribution in [2.45, 2.75) is 33.2 Å². The lowest BCUT2D eigenvalue weighted by molar-refractivity contribution is -0.386. The molecule has 0 radical (unpaired) electrons. The summed E-state index contributed by atoms with van der Waals surface area (Å²) in [4.78, 5) is 22.5. The molecule has 1 N–H and O–H groups in total. The fourth-order valence-electron chi connectivity index (χ4n) is 2.41. The third kappa shape index (κ3) is 4.46. The van der Waals surface area contributed by atoms with Crippen LogP contribution in [0, 0.1) is 24.0 Å². The van der Waals surface area contributed by atoms with Gasteiger partial charge in [0.05, 0.1) is 4.92 Å². The Hall–Kier alpha value is -2.12. The number of carbonyl (C=O) groups is 1. The number of nitrogens with zero attached hydrogens (tertiary/aromatic N) is 3. The molecule has 1 aromatic carbocycles. The number of nitro groups is 1. The van der Waals surface area contributed by atoms with E-state index in [1.807, 2.05) is 0 Å². The Morgan fingerprint density at radius 1 is 1.29 bits per heavy atom. The van der Waals surface area contributed by atoms with Gasteiger partial charge in [-0.15, -0.1) is 0 Å². The smallest absolute Gasteiger partial charge is 0.312 e. The summed E-state index contributed by atoms with van der Waals surface area (Å²) in [5.74, 6) is -0.190. The van der Waals surface area contributed by atoms with Crippen molar-refractivity contribution in [1.29, 1.82) is 0 Å². The Balaban J connectivity index is 1.91. The molecule has 0 aliphatic carbocycles. The first-order valence-corrected chi connectivity index (χ1v) is 7.98. The number of amides is 1. The molecule has 1 amide bonds. The van der Waals surface area contributed by atoms with Gasteiger partial charge in [-0.25, -0.2) is 0 Å². The highest BCUT2D eigenvalue weighted by Crippen LogP contribution is 2.23. The van der Waals surface area contributed by atoms with Gasteiger partial charge in [0.1, 0.15) is 11.4 Å². The molecule has 7 nitrogen and oxygen atoms in total. The van der Waals surface area contributed by atoms with E-state index in [1.54, 1.807) is 36.7 Å². The normalized spacial score (nSPS) is 10.7. The molecule has 0 unspecified atom stereocenters. The lowest BCUT2D eigenvalue weighted by Crippen LogP contribution is -2.13. The predicted octanol–water partition coefficient (Wildman–Crippen LogP) is 4.13. The number of halogens is 2. The Morgan fingerprint density at radius 2 is 1.92 bits per heavy atom. The van der Waals surface area contributed by atoms with Gasteiger partial charge >= 0.3 is 5.69 Å². The fourth-order valence-corrected chi connectivity index (χ4v) is 2.93. The molecule has 2 aromatic rings. The van der Waals surface area contributed by atoms with Crippen LogP contribution in [0.5, 0.6) is 0 Å². The summed E-state index contributed by atoms with van der Waals surface area (Å²) in [6.45, 7) is 3.66. The van der Waals surface area contributed by atoms with Crippen LogP contribution in [0.25, 0.3) is 0 Å². The minimum atomic E-state index is -0.441. The van der Waals surface area contributed by atoms with Crippen molar-refractivity contribution in [3.63, 3.8) is 0 Å². The lowest BCUT2D eigenvalue weighted by atomic mass is 10.2. The summed E-state index contributed by atoms with van der Waals surface area (Å²) in [5, 5.41) is 18.7. The van der Waals surface area contributed by atoms with Gasteiger partial charge in [-0.1, -0.05) is 23.2 Å². The second-order valence-corrected chi connectivity index (χ2v) is 6.18. The second kappa shape index (κ2) is 7.63. The van der Waals surface area contributed by atoms with Crippen LogP contribution in [0.1, 0.15) is 24.2 Å². The summed E-state index contributed by atoms with van der Waals surface area (Å²) in [6.07, 6.45) is 0.746. The Kier molecular flexibility index (Phi) is 5.80. The van der Waals surface area contributed by atoms with Gasteiger partial charge in [0.25, 0.3) is 0 Å². The molecule has 0 saturated carbocycles. The number of aromatic nitrogens is 2. The first-order chi connectivity index (χ1) is 11.3. The molecule has 0 spiro atoms. The Bertz CT molecular complexity index is 769. The molecular formula is C15H16Cl2N4O3. The van der Waals surface area contributed by atoms with E-state index in [0.29, 0.717) is 40.1 Å². The maximum atomic E-state index is 12.0. The van der Waals surface area contributed by atoms with E-state index in [0.717, 1.165) is 0 Å². The van der Waals surface area contributed by atoms with Crippen LogP contribution in [0.2, 0.25) is 10.0 Å². The van der Waals surface area contributed by atoms with E-state index >= 15 is 0 Å². The maximum Gasteiger partial charge on any atom is 0.312 e. The maximum absolute atomic E-state index is 12.0. The third-order valence-corrected chi connectivity index (χ3v) is 3.88. The fraction of sp³-hybridized carbons (Fsp3) is 0.333. The number of benzene rings is 1. The average Bonchev–Trinajstić information content (AvgIpc) is 2.72. The number of aryl methyl sites for hydroxylation is 2. The quantitative estimate of drug-likeness (QED) is 0.611. The lowest BCUT2D eigenvalue weighted by Gasteiger charge is -2.07. The summed E-state index contributed by atoms with van der Waals surface area (Å²) >= 11 is 11.8. The molecule has 1 heterocycles. The number of nitrogens with one attached hydrogen (secondary N) is 1. The zero-order chi connectivity index (χ0) is 17.9. The molecule has 128 valence electrons. The predicted molar refractivity (Wildman–Crippen MR) is 92.7 cm³/mol. The molecule has 24 heavy (non-hydrogen) atoms. The topological polar surface area (TPSA) is 90.1 Å². The highest BCUT2D eigenvalue weighted by atomic mass is 35.5. The monoisotopic (exact) mass is 370 g/mol. The van der Waals surface area contributed by atoms with Gasteiger partial charge < -0.3 is 5.32 Å². The minimum Gasteiger partial charge on any atom is -0.326 e. The van der Waals surface area contributed by atoms with Crippen LogP contribution in [0.3, 0.4) is 0 Å². The molecule has 1 aromatic heterocycles. The van der Waals surface area contributed by atoms with Crippen molar-refractivity contribution in [1.82, 2.24) is 9.78 Å². The summed E-state index contributed by atoms with van der Waals surface area (Å²) < 4.78 is 1.55. The van der Waals surface area contributed by atoms with Gasteiger partial charge in [0, 0.05) is 28.7 Å². The Morgan fingerprint density at radius 3 is 2.46 bits per heavy atom. The summed E-state index contributed by atoms with van der Waals surface area (Å²) in [6, 6.07) is 4.79. The average molecular weight is 371 g/mol. The second-order valence-electron chi connectivity index (χ2n) is 5.31. The van der Waals surface area contributed by atoms with Crippen molar-refractivity contribution in [2.75, 3.05) is 5.32 Å². The van der Waals surface area contributed by atoms with Crippen LogP contribution >= 0.6 is 23.2 Å². The van der Waals surface area contributed by atoms with Gasteiger partial charge in [-0.3, -0.25) is 19.6 Å². The Labute approximate surface area is 148 Å². The van der Waals surface area contributed by atoms with E-state index in [4.69, 9.17) is 23.2 Å². The molecular weight excluding hydrogens is 355 g/mol. The molecule has 0 fully saturated rings. The van der Waals surface area contributed by atoms with Crippen molar-refractivity contribution in [3.8, 4) is 0 Å². The number of hydrogen-bond acceptors (Lipinski definition) is 4. The zero-order valence-corrected chi connectivity index (χ0v) is 14.7. The third-order valence-electron chi connectivity index (χ3n) is 3.45. The van der Waals surface area contributed by atoms with Crippen molar-refractivity contribution >= 4 is 40.5 Å². The minimum absolute atomic E-state index is 0.0213. The van der Waals surface area contributed by atoms with E-state index in [-0.39, 0.29) is 18.0 Å². The summed E-state index contributed by atoms with van der Waals surface area (Å²) in [5.41, 5.74) is 1.40.